The van der Waals surface area contributed by atoms with Crippen molar-refractivity contribution in [1.82, 2.24) is 0 Å². The van der Waals surface area contributed by atoms with Gasteiger partial charge in [-0.1, -0.05) is 152 Å². The molecule has 46 heavy (non-hydrogen) atoms. The summed E-state index contributed by atoms with van der Waals surface area (Å²) in [6.07, 6.45) is 0. The molecule has 0 aliphatic heterocycles. The fraction of sp³-hybridized carbons (Fsp3) is 0. The molecular weight excluding hydrogens is 558 g/mol. The summed E-state index contributed by atoms with van der Waals surface area (Å²) in [6, 6.07) is 66.3. The number of furan rings is 1. The Morgan fingerprint density at radius 1 is 0.348 bits per heavy atom. The average Bonchev–Trinajstić information content (AvgIpc) is 3.58. The van der Waals surface area contributed by atoms with E-state index in [4.69, 9.17) is 4.42 Å². The smallest absolute Gasteiger partial charge is 0.135 e. The number of para-hydroxylation sites is 3. The molecule has 0 aliphatic carbocycles. The molecule has 0 aliphatic rings. The van der Waals surface area contributed by atoms with Crippen LogP contribution in [0.25, 0.3) is 55.7 Å². The van der Waals surface area contributed by atoms with Crippen LogP contribution < -0.4 is 4.90 Å². The van der Waals surface area contributed by atoms with Gasteiger partial charge in [-0.25, -0.2) is 0 Å². The Bertz CT molecular complexity index is 2220. The van der Waals surface area contributed by atoms with Crippen LogP contribution in [0.3, 0.4) is 0 Å². The Balaban J connectivity index is 1.31. The average molecular weight is 590 g/mol. The number of rotatable bonds is 7. The van der Waals surface area contributed by atoms with Gasteiger partial charge in [-0.2, -0.15) is 0 Å². The molecule has 0 unspecified atom stereocenters. The summed E-state index contributed by atoms with van der Waals surface area (Å²) in [4.78, 5) is 2.38. The highest BCUT2D eigenvalue weighted by Crippen LogP contribution is 2.45. The summed E-state index contributed by atoms with van der Waals surface area (Å²) in [6.45, 7) is 0. The number of nitrogens with zero attached hydrogens (tertiary/aromatic N) is 1. The summed E-state index contributed by atoms with van der Waals surface area (Å²) in [5, 5.41) is 1.10. The number of hydrogen-bond acceptors (Lipinski definition) is 2. The van der Waals surface area contributed by atoms with Crippen LogP contribution in [0.1, 0.15) is 0 Å². The summed E-state index contributed by atoms with van der Waals surface area (Å²) >= 11 is 0. The van der Waals surface area contributed by atoms with Gasteiger partial charge in [0.15, 0.2) is 0 Å². The molecule has 1 aromatic heterocycles. The van der Waals surface area contributed by atoms with Crippen molar-refractivity contribution in [2.24, 2.45) is 0 Å². The lowest BCUT2D eigenvalue weighted by molar-refractivity contribution is 0.631. The second-order valence-electron chi connectivity index (χ2n) is 11.4. The molecular formula is C44H31NO. The highest BCUT2D eigenvalue weighted by atomic mass is 16.3. The minimum atomic E-state index is 0.851. The zero-order chi connectivity index (χ0) is 30.7. The van der Waals surface area contributed by atoms with Gasteiger partial charge >= 0.3 is 0 Å². The molecule has 8 aromatic rings. The Kier molecular flexibility index (Phi) is 7.22. The highest BCUT2D eigenvalue weighted by Gasteiger charge is 2.21. The topological polar surface area (TPSA) is 16.4 Å². The molecule has 0 spiro atoms. The molecule has 0 N–H and O–H groups in total. The lowest BCUT2D eigenvalue weighted by Gasteiger charge is -2.30. The van der Waals surface area contributed by atoms with Gasteiger partial charge in [0.25, 0.3) is 0 Å². The van der Waals surface area contributed by atoms with Crippen LogP contribution in [-0.2, 0) is 0 Å². The normalized spacial score (nSPS) is 11.0. The molecule has 0 amide bonds. The van der Waals surface area contributed by atoms with Gasteiger partial charge in [0.1, 0.15) is 11.3 Å². The minimum Gasteiger partial charge on any atom is -0.456 e. The third-order valence-corrected chi connectivity index (χ3v) is 8.49. The zero-order valence-electron chi connectivity index (χ0n) is 25.3. The van der Waals surface area contributed by atoms with Crippen molar-refractivity contribution in [3.63, 3.8) is 0 Å². The maximum atomic E-state index is 6.32. The first-order valence-corrected chi connectivity index (χ1v) is 15.6. The van der Waals surface area contributed by atoms with E-state index in [9.17, 15) is 0 Å². The third-order valence-electron chi connectivity index (χ3n) is 8.49. The van der Waals surface area contributed by atoms with E-state index >= 15 is 0 Å². The molecule has 8 rings (SSSR count). The van der Waals surface area contributed by atoms with Gasteiger partial charge in [-0.05, 0) is 58.7 Å². The Morgan fingerprint density at radius 3 is 1.52 bits per heavy atom. The molecule has 0 saturated carbocycles. The lowest BCUT2D eigenvalue weighted by Crippen LogP contribution is -2.12. The number of hydrogen-bond donors (Lipinski definition) is 0. The van der Waals surface area contributed by atoms with Crippen molar-refractivity contribution in [1.29, 1.82) is 0 Å². The maximum absolute atomic E-state index is 6.32. The largest absolute Gasteiger partial charge is 0.456 e. The number of benzene rings is 7. The van der Waals surface area contributed by atoms with Gasteiger partial charge in [-0.15, -0.1) is 0 Å². The van der Waals surface area contributed by atoms with Gasteiger partial charge in [0.2, 0.25) is 0 Å². The van der Waals surface area contributed by atoms with Crippen LogP contribution >= 0.6 is 0 Å². The van der Waals surface area contributed by atoms with Crippen LogP contribution in [0.5, 0.6) is 0 Å². The summed E-state index contributed by atoms with van der Waals surface area (Å²) in [5.74, 6) is 0.851. The van der Waals surface area contributed by atoms with E-state index in [2.05, 4.69) is 175 Å². The minimum absolute atomic E-state index is 0.851. The molecule has 0 fully saturated rings. The number of anilines is 3. The maximum Gasteiger partial charge on any atom is 0.135 e. The van der Waals surface area contributed by atoms with Crippen molar-refractivity contribution < 1.29 is 4.42 Å². The van der Waals surface area contributed by atoms with Crippen molar-refractivity contribution in [2.45, 2.75) is 0 Å². The van der Waals surface area contributed by atoms with Crippen molar-refractivity contribution in [2.75, 3.05) is 4.90 Å². The van der Waals surface area contributed by atoms with Crippen molar-refractivity contribution >= 4 is 28.0 Å². The first-order valence-electron chi connectivity index (χ1n) is 15.6. The Labute approximate surface area is 269 Å². The Hall–Kier alpha value is -6.12. The second kappa shape index (κ2) is 12.1. The monoisotopic (exact) mass is 589 g/mol. The van der Waals surface area contributed by atoms with E-state index in [-0.39, 0.29) is 0 Å². The summed E-state index contributed by atoms with van der Waals surface area (Å²) in [7, 11) is 0. The van der Waals surface area contributed by atoms with Gasteiger partial charge in [-0.3, -0.25) is 0 Å². The van der Waals surface area contributed by atoms with E-state index in [0.29, 0.717) is 0 Å². The van der Waals surface area contributed by atoms with Crippen molar-refractivity contribution in [3.8, 4) is 44.7 Å². The molecule has 0 radical (unpaired) electrons. The quantitative estimate of drug-likeness (QED) is 0.184. The van der Waals surface area contributed by atoms with Gasteiger partial charge in [0, 0.05) is 27.8 Å². The standard InChI is InChI=1S/C44H31NO/c1-3-14-32(15-4-1)33-26-28-35(29-27-33)40-22-9-11-24-42(40)45(41-23-10-8-21-39(41)34-16-5-2-6-17-34)38-20-13-19-36(30-38)44-31-37-18-7-12-25-43(37)46-44/h1-31H. The predicted molar refractivity (Wildman–Crippen MR) is 193 cm³/mol. The fourth-order valence-corrected chi connectivity index (χ4v) is 6.25. The van der Waals surface area contributed by atoms with Crippen LogP contribution in [0, 0.1) is 0 Å². The zero-order valence-corrected chi connectivity index (χ0v) is 25.3. The molecule has 0 saturated heterocycles. The molecule has 2 nitrogen and oxygen atoms in total. The van der Waals surface area contributed by atoms with E-state index in [1.54, 1.807) is 0 Å². The first kappa shape index (κ1) is 27.4. The number of fused-ring (bicyclic) bond motifs is 1. The van der Waals surface area contributed by atoms with E-state index in [0.717, 1.165) is 56.0 Å². The van der Waals surface area contributed by atoms with Crippen LogP contribution in [0.2, 0.25) is 0 Å². The summed E-state index contributed by atoms with van der Waals surface area (Å²) < 4.78 is 6.32. The van der Waals surface area contributed by atoms with E-state index in [1.807, 2.05) is 18.2 Å². The van der Waals surface area contributed by atoms with Crippen molar-refractivity contribution in [3.05, 3.63) is 188 Å². The Morgan fingerprint density at radius 2 is 0.848 bits per heavy atom. The van der Waals surface area contributed by atoms with Gasteiger partial charge in [0.05, 0.1) is 11.4 Å². The fourth-order valence-electron chi connectivity index (χ4n) is 6.25. The molecule has 2 heteroatoms. The highest BCUT2D eigenvalue weighted by molar-refractivity contribution is 5.94. The molecule has 0 bridgehead atoms. The molecule has 218 valence electrons. The summed E-state index contributed by atoms with van der Waals surface area (Å²) in [5.41, 5.74) is 12.2. The van der Waals surface area contributed by atoms with E-state index in [1.165, 1.54) is 16.7 Å². The SMILES string of the molecule is c1ccc(-c2ccc(-c3ccccc3N(c3cccc(-c4cc5ccccc5o4)c3)c3ccccc3-c3ccccc3)cc2)cc1. The van der Waals surface area contributed by atoms with Crippen LogP contribution in [-0.4, -0.2) is 0 Å². The first-order chi connectivity index (χ1) is 22.8. The molecule has 0 atom stereocenters. The molecule has 7 aromatic carbocycles. The van der Waals surface area contributed by atoms with Gasteiger partial charge < -0.3 is 9.32 Å². The third kappa shape index (κ3) is 5.27. The van der Waals surface area contributed by atoms with Crippen LogP contribution in [0.15, 0.2) is 192 Å². The predicted octanol–water partition coefficient (Wildman–Crippen LogP) is 12.6. The lowest BCUT2D eigenvalue weighted by atomic mass is 9.97. The van der Waals surface area contributed by atoms with E-state index < -0.39 is 0 Å². The van der Waals surface area contributed by atoms with Crippen LogP contribution in [0.4, 0.5) is 17.1 Å². The molecule has 1 heterocycles. The second-order valence-corrected chi connectivity index (χ2v) is 11.4.